The van der Waals surface area contributed by atoms with Gasteiger partial charge in [0.05, 0.1) is 0 Å². The number of carbonyl (C=O) groups excluding carboxylic acids is 1. The predicted octanol–water partition coefficient (Wildman–Crippen LogP) is 2.08. The number of carbonyl (C=O) groups is 1. The number of hydrogen-bond donors (Lipinski definition) is 2. The number of rotatable bonds is 5. The maximum atomic E-state index is 11.7. The molecule has 6 heteroatoms. The molecule has 6 nitrogen and oxygen atoms in total. The Morgan fingerprint density at radius 1 is 1.43 bits per heavy atom. The molecule has 1 aliphatic heterocycles. The summed E-state index contributed by atoms with van der Waals surface area (Å²) in [6.07, 6.45) is 4.49. The van der Waals surface area contributed by atoms with Crippen LogP contribution in [0.25, 0.3) is 0 Å². The molecule has 1 saturated heterocycles. The van der Waals surface area contributed by atoms with Crippen LogP contribution in [0, 0.1) is 0 Å². The van der Waals surface area contributed by atoms with Gasteiger partial charge in [0.25, 0.3) is 0 Å². The van der Waals surface area contributed by atoms with Crippen LogP contribution in [-0.4, -0.2) is 42.4 Å². The van der Waals surface area contributed by atoms with Gasteiger partial charge in [0.1, 0.15) is 11.4 Å². The Bertz CT molecular complexity index is 522. The second-order valence-electron chi connectivity index (χ2n) is 7.03. The Hall–Kier alpha value is -1.82. The van der Waals surface area contributed by atoms with Gasteiger partial charge in [0, 0.05) is 31.9 Å². The number of pyridine rings is 1. The highest BCUT2D eigenvalue weighted by Gasteiger charge is 2.19. The van der Waals surface area contributed by atoms with Crippen molar-refractivity contribution in [3.8, 4) is 0 Å². The molecular formula is C17H28N4O2. The first-order valence-electron chi connectivity index (χ1n) is 8.26. The molecule has 1 amide bonds. The third kappa shape index (κ3) is 5.71. The van der Waals surface area contributed by atoms with E-state index in [9.17, 15) is 4.79 Å². The number of nitrogens with two attached hydrogens (primary N) is 1. The number of aromatic nitrogens is 1. The minimum Gasteiger partial charge on any atom is -0.444 e. The maximum Gasteiger partial charge on any atom is 0.407 e. The average Bonchev–Trinajstić information content (AvgIpc) is 2.98. The molecular weight excluding hydrogens is 292 g/mol. The third-order valence-electron chi connectivity index (χ3n) is 3.66. The van der Waals surface area contributed by atoms with E-state index in [2.05, 4.69) is 21.3 Å². The van der Waals surface area contributed by atoms with Gasteiger partial charge in [0.2, 0.25) is 0 Å². The van der Waals surface area contributed by atoms with Crippen molar-refractivity contribution < 1.29 is 9.53 Å². The SMILES string of the molecule is CC(C)(C)OC(=O)NCC(N)Cc1cccnc1N1CCCC1. The van der Waals surface area contributed by atoms with E-state index in [0.717, 1.165) is 24.5 Å². The molecule has 2 rings (SSSR count). The summed E-state index contributed by atoms with van der Waals surface area (Å²) in [4.78, 5) is 18.5. The molecule has 0 bridgehead atoms. The van der Waals surface area contributed by atoms with Crippen molar-refractivity contribution in [1.82, 2.24) is 10.3 Å². The van der Waals surface area contributed by atoms with Crippen LogP contribution in [0.15, 0.2) is 18.3 Å². The van der Waals surface area contributed by atoms with Crippen molar-refractivity contribution >= 4 is 11.9 Å². The van der Waals surface area contributed by atoms with E-state index in [0.29, 0.717) is 13.0 Å². The van der Waals surface area contributed by atoms with Crippen LogP contribution in [0.3, 0.4) is 0 Å². The zero-order valence-electron chi connectivity index (χ0n) is 14.3. The van der Waals surface area contributed by atoms with Gasteiger partial charge in [-0.15, -0.1) is 0 Å². The third-order valence-corrected chi connectivity index (χ3v) is 3.66. The molecule has 0 saturated carbocycles. The monoisotopic (exact) mass is 320 g/mol. The van der Waals surface area contributed by atoms with Gasteiger partial charge in [-0.2, -0.15) is 0 Å². The summed E-state index contributed by atoms with van der Waals surface area (Å²) in [6, 6.07) is 3.82. The fourth-order valence-electron chi connectivity index (χ4n) is 2.69. The largest absolute Gasteiger partial charge is 0.444 e. The number of amides is 1. The summed E-state index contributed by atoms with van der Waals surface area (Å²) >= 11 is 0. The van der Waals surface area contributed by atoms with Gasteiger partial charge in [-0.1, -0.05) is 6.07 Å². The number of ether oxygens (including phenoxy) is 1. The Morgan fingerprint density at radius 2 is 2.13 bits per heavy atom. The van der Waals surface area contributed by atoms with E-state index in [1.54, 1.807) is 0 Å². The summed E-state index contributed by atoms with van der Waals surface area (Å²) in [5.41, 5.74) is 6.80. The fraction of sp³-hybridized carbons (Fsp3) is 0.647. The first-order valence-corrected chi connectivity index (χ1v) is 8.26. The Kier molecular flexibility index (Phi) is 5.82. The van der Waals surface area contributed by atoms with Gasteiger partial charge in [-0.05, 0) is 51.7 Å². The molecule has 1 unspecified atom stereocenters. The number of nitrogens with one attached hydrogen (secondary N) is 1. The zero-order chi connectivity index (χ0) is 16.9. The van der Waals surface area contributed by atoms with Crippen molar-refractivity contribution in [3.05, 3.63) is 23.9 Å². The van der Waals surface area contributed by atoms with Gasteiger partial charge in [-0.25, -0.2) is 9.78 Å². The van der Waals surface area contributed by atoms with Crippen molar-refractivity contribution in [1.29, 1.82) is 0 Å². The lowest BCUT2D eigenvalue weighted by Gasteiger charge is -2.22. The number of anilines is 1. The zero-order valence-corrected chi connectivity index (χ0v) is 14.3. The van der Waals surface area contributed by atoms with Crippen LogP contribution in [0.1, 0.15) is 39.2 Å². The molecule has 1 fully saturated rings. The van der Waals surface area contributed by atoms with E-state index in [1.807, 2.05) is 33.0 Å². The molecule has 0 spiro atoms. The van der Waals surface area contributed by atoms with Crippen LogP contribution in [-0.2, 0) is 11.2 Å². The molecule has 23 heavy (non-hydrogen) atoms. The molecule has 0 aliphatic carbocycles. The number of alkyl carbamates (subject to hydrolysis) is 1. The Balaban J connectivity index is 1.88. The molecule has 1 atom stereocenters. The summed E-state index contributed by atoms with van der Waals surface area (Å²) in [7, 11) is 0. The summed E-state index contributed by atoms with van der Waals surface area (Å²) in [5.74, 6) is 1.03. The van der Waals surface area contributed by atoms with Crippen molar-refractivity contribution in [2.24, 2.45) is 5.73 Å². The fourth-order valence-corrected chi connectivity index (χ4v) is 2.69. The quantitative estimate of drug-likeness (QED) is 0.868. The minimum absolute atomic E-state index is 0.173. The lowest BCUT2D eigenvalue weighted by molar-refractivity contribution is 0.0524. The molecule has 0 radical (unpaired) electrons. The van der Waals surface area contributed by atoms with Crippen molar-refractivity contribution in [2.75, 3.05) is 24.5 Å². The Morgan fingerprint density at radius 3 is 2.78 bits per heavy atom. The lowest BCUT2D eigenvalue weighted by atomic mass is 10.1. The van der Waals surface area contributed by atoms with Crippen molar-refractivity contribution in [3.63, 3.8) is 0 Å². The van der Waals surface area contributed by atoms with E-state index >= 15 is 0 Å². The molecule has 2 heterocycles. The second-order valence-corrected chi connectivity index (χ2v) is 7.03. The normalized spacial score (nSPS) is 16.3. The highest BCUT2D eigenvalue weighted by molar-refractivity contribution is 5.67. The lowest BCUT2D eigenvalue weighted by Crippen LogP contribution is -2.41. The van der Waals surface area contributed by atoms with E-state index in [-0.39, 0.29) is 6.04 Å². The van der Waals surface area contributed by atoms with Gasteiger partial charge < -0.3 is 20.7 Å². The highest BCUT2D eigenvalue weighted by atomic mass is 16.6. The number of hydrogen-bond acceptors (Lipinski definition) is 5. The van der Waals surface area contributed by atoms with Crippen LogP contribution in [0.4, 0.5) is 10.6 Å². The summed E-state index contributed by atoms with van der Waals surface area (Å²) in [5, 5.41) is 2.73. The molecule has 1 aromatic rings. The van der Waals surface area contributed by atoms with Gasteiger partial charge in [0.15, 0.2) is 0 Å². The summed E-state index contributed by atoms with van der Waals surface area (Å²) in [6.45, 7) is 7.99. The Labute approximate surface area is 138 Å². The van der Waals surface area contributed by atoms with E-state index in [4.69, 9.17) is 10.5 Å². The average molecular weight is 320 g/mol. The molecule has 128 valence electrons. The standard InChI is InChI=1S/C17H28N4O2/c1-17(2,3)23-16(22)20-12-14(18)11-13-7-6-8-19-15(13)21-9-4-5-10-21/h6-8,14H,4-5,9-12,18H2,1-3H3,(H,20,22). The van der Waals surface area contributed by atoms with Crippen LogP contribution < -0.4 is 16.0 Å². The van der Waals surface area contributed by atoms with Gasteiger partial charge in [-0.3, -0.25) is 0 Å². The molecule has 3 N–H and O–H groups in total. The first kappa shape index (κ1) is 17.5. The van der Waals surface area contributed by atoms with Crippen LogP contribution in [0.2, 0.25) is 0 Å². The second kappa shape index (κ2) is 7.64. The van der Waals surface area contributed by atoms with Crippen molar-refractivity contribution in [2.45, 2.75) is 51.7 Å². The molecule has 1 aliphatic rings. The maximum absolute atomic E-state index is 11.7. The highest BCUT2D eigenvalue weighted by Crippen LogP contribution is 2.22. The topological polar surface area (TPSA) is 80.5 Å². The predicted molar refractivity (Wildman–Crippen MR) is 91.6 cm³/mol. The minimum atomic E-state index is -0.500. The smallest absolute Gasteiger partial charge is 0.407 e. The molecule has 1 aromatic heterocycles. The van der Waals surface area contributed by atoms with Gasteiger partial charge >= 0.3 is 6.09 Å². The van der Waals surface area contributed by atoms with Crippen LogP contribution in [0.5, 0.6) is 0 Å². The first-order chi connectivity index (χ1) is 10.8. The van der Waals surface area contributed by atoms with Crippen LogP contribution >= 0.6 is 0 Å². The summed E-state index contributed by atoms with van der Waals surface area (Å²) < 4.78 is 5.22. The van der Waals surface area contributed by atoms with E-state index < -0.39 is 11.7 Å². The molecule has 0 aromatic carbocycles. The number of nitrogens with zero attached hydrogens (tertiary/aromatic N) is 2. The van der Waals surface area contributed by atoms with E-state index in [1.165, 1.54) is 12.8 Å².